The van der Waals surface area contributed by atoms with Crippen LogP contribution in [0.25, 0.3) is 0 Å². The fraction of sp³-hybridized carbons (Fsp3) is 0.471. The van der Waals surface area contributed by atoms with Crippen LogP contribution in [0.15, 0.2) is 12.3 Å². The summed E-state index contributed by atoms with van der Waals surface area (Å²) in [5.41, 5.74) is 1.38. The Kier molecular flexibility index (Phi) is 5.54. The minimum atomic E-state index is -0.624. The highest BCUT2D eigenvalue weighted by atomic mass is 32.1. The first-order valence-corrected chi connectivity index (χ1v) is 9.45. The fourth-order valence-corrected chi connectivity index (χ4v) is 4.62. The van der Waals surface area contributed by atoms with Crippen LogP contribution in [0.1, 0.15) is 40.6 Å². The van der Waals surface area contributed by atoms with Gasteiger partial charge in [0.15, 0.2) is 0 Å². The topological polar surface area (TPSA) is 116 Å². The zero-order valence-electron chi connectivity index (χ0n) is 15.1. The summed E-state index contributed by atoms with van der Waals surface area (Å²) >= 11 is 1.40. The summed E-state index contributed by atoms with van der Waals surface area (Å²) in [5, 5.41) is 17.6. The number of anilines is 1. The molecule has 0 spiro atoms. The number of hydrogen-bond acceptors (Lipinski definition) is 7. The van der Waals surface area contributed by atoms with Crippen LogP contribution in [-0.2, 0) is 28.9 Å². The Balaban J connectivity index is 1.80. The van der Waals surface area contributed by atoms with Crippen molar-refractivity contribution in [3.05, 3.63) is 38.4 Å². The molecular formula is C17H20N4O5S. The molecule has 9 nitrogen and oxygen atoms in total. The Bertz CT molecular complexity index is 888. The van der Waals surface area contributed by atoms with Crippen LogP contribution in [0.3, 0.4) is 0 Å². The number of methoxy groups -OCH3 is 1. The highest BCUT2D eigenvalue weighted by molar-refractivity contribution is 7.17. The first-order chi connectivity index (χ1) is 12.9. The van der Waals surface area contributed by atoms with Crippen LogP contribution in [0, 0.1) is 16.0 Å². The standard InChI is InChI=1S/C17H20N4O5S/c1-3-10-4-5-11-12(8-10)27-16(15(11)17(23)26-2)18-14(22)9-20-7-6-13(19-20)21(24)25/h6-7,10H,3-5,8-9H2,1-2H3,(H,18,22)/t10-/m1/s1. The van der Waals surface area contributed by atoms with Crippen LogP contribution >= 0.6 is 11.3 Å². The summed E-state index contributed by atoms with van der Waals surface area (Å²) in [4.78, 5) is 35.8. The lowest BCUT2D eigenvalue weighted by atomic mass is 9.86. The summed E-state index contributed by atoms with van der Waals surface area (Å²) in [6.07, 6.45) is 5.13. The zero-order chi connectivity index (χ0) is 19.6. The number of carbonyl (C=O) groups is 2. The molecule has 2 aromatic rings. The third-order valence-electron chi connectivity index (χ3n) is 4.71. The molecule has 27 heavy (non-hydrogen) atoms. The van der Waals surface area contributed by atoms with E-state index in [0.29, 0.717) is 16.5 Å². The molecule has 0 fully saturated rings. The molecular weight excluding hydrogens is 372 g/mol. The van der Waals surface area contributed by atoms with Gasteiger partial charge in [0, 0.05) is 4.88 Å². The smallest absolute Gasteiger partial charge is 0.389 e. The van der Waals surface area contributed by atoms with Crippen LogP contribution in [0.5, 0.6) is 0 Å². The van der Waals surface area contributed by atoms with Gasteiger partial charge in [-0.05, 0) is 35.7 Å². The van der Waals surface area contributed by atoms with Gasteiger partial charge in [0.25, 0.3) is 0 Å². The van der Waals surface area contributed by atoms with Gasteiger partial charge in [-0.1, -0.05) is 13.3 Å². The van der Waals surface area contributed by atoms with Crippen molar-refractivity contribution in [1.29, 1.82) is 0 Å². The summed E-state index contributed by atoms with van der Waals surface area (Å²) in [6.45, 7) is 1.96. The molecule has 1 amide bonds. The molecule has 1 N–H and O–H groups in total. The number of thiophene rings is 1. The van der Waals surface area contributed by atoms with Crippen LogP contribution < -0.4 is 5.32 Å². The number of fused-ring (bicyclic) bond motifs is 1. The van der Waals surface area contributed by atoms with E-state index in [-0.39, 0.29) is 12.4 Å². The van der Waals surface area contributed by atoms with Gasteiger partial charge >= 0.3 is 11.8 Å². The molecule has 2 aromatic heterocycles. The quantitative estimate of drug-likeness (QED) is 0.459. The van der Waals surface area contributed by atoms with Gasteiger partial charge in [-0.2, -0.15) is 4.68 Å². The van der Waals surface area contributed by atoms with E-state index < -0.39 is 16.8 Å². The largest absolute Gasteiger partial charge is 0.465 e. The molecule has 3 rings (SSSR count). The van der Waals surface area contributed by atoms with E-state index >= 15 is 0 Å². The van der Waals surface area contributed by atoms with E-state index in [1.165, 1.54) is 35.4 Å². The number of aromatic nitrogens is 2. The number of esters is 1. The van der Waals surface area contributed by atoms with E-state index in [9.17, 15) is 19.7 Å². The third-order valence-corrected chi connectivity index (χ3v) is 5.88. The molecule has 0 radical (unpaired) electrons. The minimum absolute atomic E-state index is 0.186. The van der Waals surface area contributed by atoms with Gasteiger partial charge in [-0.15, -0.1) is 11.3 Å². The first kappa shape index (κ1) is 19.0. The van der Waals surface area contributed by atoms with Crippen molar-refractivity contribution in [3.63, 3.8) is 0 Å². The molecule has 0 aromatic carbocycles. The van der Waals surface area contributed by atoms with Gasteiger partial charge < -0.3 is 20.2 Å². The van der Waals surface area contributed by atoms with Gasteiger partial charge in [-0.25, -0.2) is 4.79 Å². The van der Waals surface area contributed by atoms with E-state index in [1.807, 2.05) is 0 Å². The summed E-state index contributed by atoms with van der Waals surface area (Å²) < 4.78 is 6.09. The van der Waals surface area contributed by atoms with E-state index in [1.54, 1.807) is 0 Å². The van der Waals surface area contributed by atoms with Crippen molar-refractivity contribution >= 4 is 34.0 Å². The molecule has 0 saturated heterocycles. The predicted octanol–water partition coefficient (Wildman–Crippen LogP) is 2.79. The Morgan fingerprint density at radius 2 is 2.30 bits per heavy atom. The Labute approximate surface area is 159 Å². The van der Waals surface area contributed by atoms with Crippen molar-refractivity contribution < 1.29 is 19.2 Å². The molecule has 0 bridgehead atoms. The molecule has 1 aliphatic carbocycles. The van der Waals surface area contributed by atoms with Gasteiger partial charge in [0.1, 0.15) is 11.5 Å². The minimum Gasteiger partial charge on any atom is -0.465 e. The van der Waals surface area contributed by atoms with E-state index in [0.717, 1.165) is 36.1 Å². The Hall–Kier alpha value is -2.75. The molecule has 0 saturated carbocycles. The summed E-state index contributed by atoms with van der Waals surface area (Å²) in [7, 11) is 1.32. The second kappa shape index (κ2) is 7.87. The second-order valence-electron chi connectivity index (χ2n) is 6.39. The number of hydrogen-bond donors (Lipinski definition) is 1. The van der Waals surface area contributed by atoms with Crippen LogP contribution in [0.2, 0.25) is 0 Å². The SMILES string of the molecule is CC[C@@H]1CCc2c(sc(NC(=O)Cn3ccc([N+](=O)[O-])n3)c2C(=O)OC)C1. The maximum Gasteiger partial charge on any atom is 0.389 e. The van der Waals surface area contributed by atoms with Crippen molar-refractivity contribution in [2.24, 2.45) is 5.92 Å². The van der Waals surface area contributed by atoms with Crippen molar-refractivity contribution in [1.82, 2.24) is 9.78 Å². The number of amides is 1. The van der Waals surface area contributed by atoms with Crippen LogP contribution in [0.4, 0.5) is 10.8 Å². The maximum absolute atomic E-state index is 12.4. The van der Waals surface area contributed by atoms with Crippen molar-refractivity contribution in [3.8, 4) is 0 Å². The average molecular weight is 392 g/mol. The van der Waals surface area contributed by atoms with Gasteiger partial charge in [0.05, 0.1) is 30.0 Å². The number of carbonyl (C=O) groups excluding carboxylic acids is 2. The third kappa shape index (κ3) is 4.00. The molecule has 144 valence electrons. The second-order valence-corrected chi connectivity index (χ2v) is 7.50. The molecule has 0 aliphatic heterocycles. The molecule has 2 heterocycles. The zero-order valence-corrected chi connectivity index (χ0v) is 15.9. The highest BCUT2D eigenvalue weighted by Gasteiger charge is 2.29. The number of nitrogens with one attached hydrogen (secondary N) is 1. The normalized spacial score (nSPS) is 15.9. The number of ether oxygens (including phenoxy) is 1. The van der Waals surface area contributed by atoms with Gasteiger partial charge in [0.2, 0.25) is 5.91 Å². The average Bonchev–Trinajstić information content (AvgIpc) is 3.24. The Morgan fingerprint density at radius 1 is 1.52 bits per heavy atom. The van der Waals surface area contributed by atoms with Crippen LogP contribution in [-0.4, -0.2) is 33.7 Å². The molecule has 10 heteroatoms. The highest BCUT2D eigenvalue weighted by Crippen LogP contribution is 2.40. The lowest BCUT2D eigenvalue weighted by molar-refractivity contribution is -0.389. The molecule has 1 aliphatic rings. The molecule has 1 atom stereocenters. The fourth-order valence-electron chi connectivity index (χ4n) is 3.26. The predicted molar refractivity (Wildman–Crippen MR) is 99.0 cm³/mol. The van der Waals surface area contributed by atoms with E-state index in [2.05, 4.69) is 17.3 Å². The maximum atomic E-state index is 12.4. The summed E-state index contributed by atoms with van der Waals surface area (Å²) in [6, 6.07) is 1.22. The number of nitro groups is 1. The lowest BCUT2D eigenvalue weighted by Gasteiger charge is -2.20. The van der Waals surface area contributed by atoms with Crippen molar-refractivity contribution in [2.75, 3.05) is 12.4 Å². The summed E-state index contributed by atoms with van der Waals surface area (Å²) in [5.74, 6) is -0.624. The molecule has 0 unspecified atom stereocenters. The number of nitrogens with zero attached hydrogens (tertiary/aromatic N) is 3. The Morgan fingerprint density at radius 3 is 2.93 bits per heavy atom. The van der Waals surface area contributed by atoms with Crippen molar-refractivity contribution in [2.45, 2.75) is 39.2 Å². The van der Waals surface area contributed by atoms with Gasteiger partial charge in [-0.3, -0.25) is 4.79 Å². The number of rotatable bonds is 6. The first-order valence-electron chi connectivity index (χ1n) is 8.63. The monoisotopic (exact) mass is 392 g/mol. The van der Waals surface area contributed by atoms with E-state index in [4.69, 9.17) is 4.74 Å². The lowest BCUT2D eigenvalue weighted by Crippen LogP contribution is -2.20.